The minimum Gasteiger partial charge on any atom is -0.507 e. The number of hydrogen-bond donors (Lipinski definition) is 2. The van der Waals surface area contributed by atoms with Gasteiger partial charge in [0.25, 0.3) is 0 Å². The van der Waals surface area contributed by atoms with E-state index in [1.807, 2.05) is 6.07 Å². The summed E-state index contributed by atoms with van der Waals surface area (Å²) in [5, 5.41) is 25.6. The molecule has 4 nitrogen and oxygen atoms in total. The Balaban J connectivity index is 2.08. The van der Waals surface area contributed by atoms with Crippen molar-refractivity contribution in [2.24, 2.45) is 0 Å². The van der Waals surface area contributed by atoms with Crippen LogP contribution in [0.3, 0.4) is 0 Å². The molecule has 24 heavy (non-hydrogen) atoms. The molecule has 0 aliphatic heterocycles. The van der Waals surface area contributed by atoms with E-state index in [9.17, 15) is 18.3 Å². The Morgan fingerprint density at radius 1 is 1.04 bits per heavy atom. The molecule has 0 aliphatic rings. The lowest BCUT2D eigenvalue weighted by Gasteiger charge is -2.09. The van der Waals surface area contributed by atoms with Crippen LogP contribution in [0.1, 0.15) is 11.1 Å². The van der Waals surface area contributed by atoms with E-state index >= 15 is 0 Å². The molecule has 120 valence electrons. The van der Waals surface area contributed by atoms with Crippen molar-refractivity contribution >= 4 is 0 Å². The fraction of sp³-hybridized carbons (Fsp3) is 0.0588. The molecule has 1 heterocycles. The maximum absolute atomic E-state index is 12.8. The standard InChI is InChI=1S/C17H10F3N3O/c18-17(19,20)11-5-6-16(24)13(7-11)15-8-14(22-23-15)12-4-2-1-3-10(12)9-21/h1-8,24H,(H,22,23). The molecule has 0 spiro atoms. The van der Waals surface area contributed by atoms with Crippen molar-refractivity contribution in [3.05, 3.63) is 59.7 Å². The lowest BCUT2D eigenvalue weighted by Crippen LogP contribution is -2.04. The fourth-order valence-electron chi connectivity index (χ4n) is 2.33. The highest BCUT2D eigenvalue weighted by Crippen LogP contribution is 2.37. The molecule has 2 aromatic carbocycles. The summed E-state index contributed by atoms with van der Waals surface area (Å²) >= 11 is 0. The molecule has 0 aliphatic carbocycles. The zero-order chi connectivity index (χ0) is 17.3. The molecule has 0 bridgehead atoms. The number of hydrogen-bond acceptors (Lipinski definition) is 3. The molecule has 0 fully saturated rings. The highest BCUT2D eigenvalue weighted by Gasteiger charge is 2.31. The second-order valence-corrected chi connectivity index (χ2v) is 5.05. The Hall–Kier alpha value is -3.27. The average molecular weight is 329 g/mol. The normalized spacial score (nSPS) is 11.2. The molecule has 0 amide bonds. The molecule has 0 unspecified atom stereocenters. The summed E-state index contributed by atoms with van der Waals surface area (Å²) in [7, 11) is 0. The molecule has 2 N–H and O–H groups in total. The van der Waals surface area contributed by atoms with E-state index in [0.29, 0.717) is 16.8 Å². The van der Waals surface area contributed by atoms with Crippen LogP contribution in [0, 0.1) is 11.3 Å². The molecule has 3 aromatic rings. The SMILES string of the molecule is N#Cc1ccccc1-c1cc(-c2cc(C(F)(F)F)ccc2O)n[nH]1. The highest BCUT2D eigenvalue weighted by molar-refractivity contribution is 5.75. The van der Waals surface area contributed by atoms with Gasteiger partial charge in [0, 0.05) is 11.1 Å². The van der Waals surface area contributed by atoms with Crippen LogP contribution in [0.5, 0.6) is 5.75 Å². The van der Waals surface area contributed by atoms with Gasteiger partial charge in [-0.15, -0.1) is 0 Å². The minimum atomic E-state index is -4.52. The minimum absolute atomic E-state index is 0.0400. The van der Waals surface area contributed by atoms with Crippen LogP contribution in [0.15, 0.2) is 48.5 Å². The number of halogens is 3. The number of benzene rings is 2. The van der Waals surface area contributed by atoms with Crippen LogP contribution in [0.4, 0.5) is 13.2 Å². The van der Waals surface area contributed by atoms with E-state index in [-0.39, 0.29) is 17.0 Å². The number of nitrogens with one attached hydrogen (secondary N) is 1. The number of rotatable bonds is 2. The monoisotopic (exact) mass is 329 g/mol. The Labute approximate surface area is 134 Å². The number of phenols is 1. The van der Waals surface area contributed by atoms with Gasteiger partial charge in [-0.3, -0.25) is 5.10 Å². The first-order valence-electron chi connectivity index (χ1n) is 6.85. The van der Waals surface area contributed by atoms with Gasteiger partial charge in [0.05, 0.1) is 28.6 Å². The summed E-state index contributed by atoms with van der Waals surface area (Å²) in [6, 6.07) is 12.9. The van der Waals surface area contributed by atoms with Crippen LogP contribution >= 0.6 is 0 Å². The lowest BCUT2D eigenvalue weighted by atomic mass is 10.0. The van der Waals surface area contributed by atoms with Crippen molar-refractivity contribution in [1.82, 2.24) is 10.2 Å². The molecule has 0 saturated carbocycles. The van der Waals surface area contributed by atoms with Gasteiger partial charge in [0.15, 0.2) is 0 Å². The van der Waals surface area contributed by atoms with Gasteiger partial charge in [-0.05, 0) is 30.3 Å². The van der Waals surface area contributed by atoms with Crippen molar-refractivity contribution in [3.8, 4) is 34.3 Å². The van der Waals surface area contributed by atoms with Crippen molar-refractivity contribution in [2.75, 3.05) is 0 Å². The van der Waals surface area contributed by atoms with E-state index < -0.39 is 11.7 Å². The molecule has 0 saturated heterocycles. The first kappa shape index (κ1) is 15.6. The Morgan fingerprint density at radius 2 is 1.79 bits per heavy atom. The fourth-order valence-corrected chi connectivity index (χ4v) is 2.33. The maximum Gasteiger partial charge on any atom is 0.416 e. The van der Waals surface area contributed by atoms with Gasteiger partial charge in [0.2, 0.25) is 0 Å². The summed E-state index contributed by atoms with van der Waals surface area (Å²) in [6.07, 6.45) is -4.52. The van der Waals surface area contributed by atoms with E-state index in [1.165, 1.54) is 6.07 Å². The van der Waals surface area contributed by atoms with E-state index in [4.69, 9.17) is 5.26 Å². The van der Waals surface area contributed by atoms with Gasteiger partial charge in [-0.1, -0.05) is 18.2 Å². The number of aromatic hydroxyl groups is 1. The van der Waals surface area contributed by atoms with Crippen LogP contribution in [-0.4, -0.2) is 15.3 Å². The zero-order valence-electron chi connectivity index (χ0n) is 12.1. The third kappa shape index (κ3) is 2.82. The maximum atomic E-state index is 12.8. The predicted octanol–water partition coefficient (Wildman–Crippen LogP) is 4.34. The lowest BCUT2D eigenvalue weighted by molar-refractivity contribution is -0.137. The van der Waals surface area contributed by atoms with Crippen molar-refractivity contribution in [1.29, 1.82) is 5.26 Å². The van der Waals surface area contributed by atoms with Gasteiger partial charge >= 0.3 is 6.18 Å². The Bertz CT molecular complexity index is 939. The topological polar surface area (TPSA) is 72.7 Å². The van der Waals surface area contributed by atoms with Gasteiger partial charge in [0.1, 0.15) is 5.75 Å². The van der Waals surface area contributed by atoms with Gasteiger partial charge < -0.3 is 5.11 Å². The highest BCUT2D eigenvalue weighted by atomic mass is 19.4. The Kier molecular flexibility index (Phi) is 3.73. The second-order valence-electron chi connectivity index (χ2n) is 5.05. The van der Waals surface area contributed by atoms with Crippen LogP contribution in [-0.2, 0) is 6.18 Å². The number of nitrogens with zero attached hydrogens (tertiary/aromatic N) is 2. The summed E-state index contributed by atoms with van der Waals surface area (Å²) in [4.78, 5) is 0. The molecular weight excluding hydrogens is 319 g/mol. The summed E-state index contributed by atoms with van der Waals surface area (Å²) < 4.78 is 38.5. The Morgan fingerprint density at radius 3 is 2.50 bits per heavy atom. The second kappa shape index (κ2) is 5.74. The number of aromatic nitrogens is 2. The number of alkyl halides is 3. The van der Waals surface area contributed by atoms with Crippen molar-refractivity contribution < 1.29 is 18.3 Å². The third-order valence-corrected chi connectivity index (χ3v) is 3.52. The summed E-state index contributed by atoms with van der Waals surface area (Å²) in [6.45, 7) is 0. The molecule has 3 rings (SSSR count). The third-order valence-electron chi connectivity index (χ3n) is 3.52. The summed E-state index contributed by atoms with van der Waals surface area (Å²) in [5.41, 5.74) is 0.686. The molecule has 1 aromatic heterocycles. The smallest absolute Gasteiger partial charge is 0.416 e. The van der Waals surface area contributed by atoms with Gasteiger partial charge in [-0.2, -0.15) is 23.5 Å². The van der Waals surface area contributed by atoms with Gasteiger partial charge in [-0.25, -0.2) is 0 Å². The number of phenolic OH excluding ortho intramolecular Hbond substituents is 1. The molecular formula is C17H10F3N3O. The number of H-pyrrole nitrogens is 1. The zero-order valence-corrected chi connectivity index (χ0v) is 12.1. The van der Waals surface area contributed by atoms with E-state index in [2.05, 4.69) is 10.2 Å². The predicted molar refractivity (Wildman–Crippen MR) is 80.8 cm³/mol. The molecule has 0 atom stereocenters. The van der Waals surface area contributed by atoms with Crippen LogP contribution < -0.4 is 0 Å². The van der Waals surface area contributed by atoms with Crippen molar-refractivity contribution in [2.45, 2.75) is 6.18 Å². The van der Waals surface area contributed by atoms with Crippen LogP contribution in [0.2, 0.25) is 0 Å². The molecule has 0 radical (unpaired) electrons. The molecule has 7 heteroatoms. The van der Waals surface area contributed by atoms with Crippen molar-refractivity contribution in [3.63, 3.8) is 0 Å². The quantitative estimate of drug-likeness (QED) is 0.734. The first-order chi connectivity index (χ1) is 11.4. The van der Waals surface area contributed by atoms with Crippen LogP contribution in [0.25, 0.3) is 22.5 Å². The first-order valence-corrected chi connectivity index (χ1v) is 6.85. The van der Waals surface area contributed by atoms with E-state index in [0.717, 1.165) is 18.2 Å². The number of aromatic amines is 1. The summed E-state index contributed by atoms with van der Waals surface area (Å²) in [5.74, 6) is -0.311. The average Bonchev–Trinajstić information content (AvgIpc) is 3.03. The van der Waals surface area contributed by atoms with E-state index in [1.54, 1.807) is 24.3 Å². The largest absolute Gasteiger partial charge is 0.507 e. The number of nitriles is 1.